The molecule has 0 spiro atoms. The van der Waals surface area contributed by atoms with Crippen LogP contribution >= 0.6 is 19.7 Å². The lowest BCUT2D eigenvalue weighted by Gasteiger charge is -2.07. The zero-order valence-electron chi connectivity index (χ0n) is 5.27. The van der Waals surface area contributed by atoms with Gasteiger partial charge < -0.3 is 0 Å². The molecule has 0 radical (unpaired) electrons. The van der Waals surface area contributed by atoms with E-state index < -0.39 is 7.82 Å². The average molecular weight is 192 g/mol. The molecule has 8 heteroatoms. The Balaban J connectivity index is 3.83. The van der Waals surface area contributed by atoms with Crippen LogP contribution in [0.3, 0.4) is 0 Å². The standard InChI is InChI=1S/C2H6ClO6P/c1-5-8-10(4,7-3)9-6-2/h1-2H3. The highest BCUT2D eigenvalue weighted by atomic mass is 35.5. The van der Waals surface area contributed by atoms with Gasteiger partial charge in [0.15, 0.2) is 0 Å². The van der Waals surface area contributed by atoms with Crippen LogP contribution in [0.15, 0.2) is 0 Å². The van der Waals surface area contributed by atoms with Crippen molar-refractivity contribution in [1.29, 1.82) is 0 Å². The Morgan fingerprint density at radius 2 is 1.60 bits per heavy atom. The maximum absolute atomic E-state index is 10.7. The monoisotopic (exact) mass is 192 g/mol. The van der Waals surface area contributed by atoms with Crippen LogP contribution in [-0.2, 0) is 27.8 Å². The van der Waals surface area contributed by atoms with Crippen molar-refractivity contribution in [2.24, 2.45) is 0 Å². The molecule has 0 unspecified atom stereocenters. The third kappa shape index (κ3) is 3.48. The predicted molar refractivity (Wildman–Crippen MR) is 30.7 cm³/mol. The van der Waals surface area contributed by atoms with Crippen LogP contribution in [0.25, 0.3) is 0 Å². The Morgan fingerprint density at radius 1 is 1.20 bits per heavy atom. The molecule has 0 heterocycles. The third-order valence-electron chi connectivity index (χ3n) is 0.416. The fourth-order valence-electron chi connectivity index (χ4n) is 0.218. The number of halogens is 1. The van der Waals surface area contributed by atoms with E-state index >= 15 is 0 Å². The Hall–Kier alpha value is 0.320. The number of phosphoric acid groups is 1. The Labute approximate surface area is 62.6 Å². The zero-order valence-corrected chi connectivity index (χ0v) is 6.93. The molecule has 0 bridgehead atoms. The third-order valence-corrected chi connectivity index (χ3v) is 1.76. The minimum atomic E-state index is -3.88. The number of hydrogen-bond donors (Lipinski definition) is 0. The minimum absolute atomic E-state index is 1.11. The van der Waals surface area contributed by atoms with Crippen molar-refractivity contribution < 1.29 is 27.8 Å². The van der Waals surface area contributed by atoms with Gasteiger partial charge in [-0.05, 0) is 0 Å². The molecule has 0 amide bonds. The van der Waals surface area contributed by atoms with E-state index in [1.54, 1.807) is 0 Å². The van der Waals surface area contributed by atoms with Crippen LogP contribution in [0.5, 0.6) is 0 Å². The molecule has 0 atom stereocenters. The first kappa shape index (κ1) is 10.3. The molecule has 0 aromatic carbocycles. The molecule has 62 valence electrons. The fraction of sp³-hybridized carbons (Fsp3) is 1.00. The molecule has 0 fully saturated rings. The van der Waals surface area contributed by atoms with Gasteiger partial charge in [0, 0.05) is 0 Å². The fourth-order valence-corrected chi connectivity index (χ4v) is 0.792. The van der Waals surface area contributed by atoms with Gasteiger partial charge in [-0.25, -0.2) is 14.3 Å². The lowest BCUT2D eigenvalue weighted by molar-refractivity contribution is -0.253. The summed E-state index contributed by atoms with van der Waals surface area (Å²) >= 11 is 4.69. The average Bonchev–Trinajstić information content (AvgIpc) is 1.89. The van der Waals surface area contributed by atoms with Crippen LogP contribution in [0.2, 0.25) is 0 Å². The van der Waals surface area contributed by atoms with E-state index in [1.807, 2.05) is 0 Å². The summed E-state index contributed by atoms with van der Waals surface area (Å²) in [7, 11) is -1.65. The van der Waals surface area contributed by atoms with Crippen molar-refractivity contribution in [3.63, 3.8) is 0 Å². The first-order valence-corrected chi connectivity index (χ1v) is 3.80. The van der Waals surface area contributed by atoms with E-state index in [0.29, 0.717) is 0 Å². The molecule has 0 rings (SSSR count). The minimum Gasteiger partial charge on any atom is -0.230 e. The van der Waals surface area contributed by atoms with Crippen LogP contribution in [0, 0.1) is 0 Å². The summed E-state index contributed by atoms with van der Waals surface area (Å²) in [6.07, 6.45) is 0. The maximum atomic E-state index is 10.7. The van der Waals surface area contributed by atoms with Gasteiger partial charge in [0.2, 0.25) is 0 Å². The van der Waals surface area contributed by atoms with Crippen molar-refractivity contribution in [2.75, 3.05) is 14.2 Å². The lowest BCUT2D eigenvalue weighted by Crippen LogP contribution is -1.93. The van der Waals surface area contributed by atoms with Gasteiger partial charge in [0.25, 0.3) is 0 Å². The maximum Gasteiger partial charge on any atom is 0.545 e. The Bertz CT molecular complexity index is 117. The van der Waals surface area contributed by atoms with Gasteiger partial charge in [-0.3, -0.25) is 0 Å². The molecule has 0 saturated heterocycles. The molecule has 0 aliphatic carbocycles. The summed E-state index contributed by atoms with van der Waals surface area (Å²) in [6, 6.07) is 0. The van der Waals surface area contributed by atoms with Gasteiger partial charge in [0.05, 0.1) is 26.1 Å². The number of hydrogen-bond acceptors (Lipinski definition) is 6. The van der Waals surface area contributed by atoms with Gasteiger partial charge in [-0.1, -0.05) is 0 Å². The smallest absolute Gasteiger partial charge is 0.230 e. The topological polar surface area (TPSA) is 63.2 Å². The van der Waals surface area contributed by atoms with Crippen molar-refractivity contribution in [2.45, 2.75) is 0 Å². The van der Waals surface area contributed by atoms with Crippen LogP contribution in [0.1, 0.15) is 0 Å². The van der Waals surface area contributed by atoms with E-state index in [2.05, 4.69) is 23.2 Å². The summed E-state index contributed by atoms with van der Waals surface area (Å²) in [5.74, 6) is 0. The van der Waals surface area contributed by atoms with Crippen molar-refractivity contribution >= 4 is 19.7 Å². The summed E-state index contributed by atoms with van der Waals surface area (Å²) in [6.45, 7) is 0. The van der Waals surface area contributed by atoms with Gasteiger partial charge in [-0.15, -0.1) is 9.35 Å². The largest absolute Gasteiger partial charge is 0.545 e. The second-order valence-electron chi connectivity index (χ2n) is 0.999. The summed E-state index contributed by atoms with van der Waals surface area (Å²) in [5.41, 5.74) is 0. The molecule has 6 nitrogen and oxygen atoms in total. The highest BCUT2D eigenvalue weighted by Gasteiger charge is 2.29. The highest BCUT2D eigenvalue weighted by molar-refractivity contribution is 7.49. The molecular weight excluding hydrogens is 186 g/mol. The van der Waals surface area contributed by atoms with Crippen molar-refractivity contribution in [3.8, 4) is 0 Å². The first-order valence-electron chi connectivity index (χ1n) is 2.03. The highest BCUT2D eigenvalue weighted by Crippen LogP contribution is 2.50. The second kappa shape index (κ2) is 5.03. The Morgan fingerprint density at radius 3 is 1.80 bits per heavy atom. The molecule has 10 heavy (non-hydrogen) atoms. The first-order chi connectivity index (χ1) is 4.68. The molecule has 0 aromatic rings. The normalized spacial score (nSPS) is 11.9. The number of rotatable bonds is 5. The van der Waals surface area contributed by atoms with Crippen molar-refractivity contribution in [1.82, 2.24) is 0 Å². The molecular formula is C2H6ClO6P. The molecule has 0 aliphatic heterocycles. The summed E-state index contributed by atoms with van der Waals surface area (Å²) in [5, 5.41) is 0. The molecule has 0 aliphatic rings. The lowest BCUT2D eigenvalue weighted by atomic mass is 11.8. The SMILES string of the molecule is COOP(=O)(OCl)OOC. The van der Waals surface area contributed by atoms with Crippen LogP contribution in [0.4, 0.5) is 0 Å². The van der Waals surface area contributed by atoms with E-state index in [-0.39, 0.29) is 0 Å². The summed E-state index contributed by atoms with van der Waals surface area (Å²) < 4.78 is 22.4. The molecule has 0 N–H and O–H groups in total. The van der Waals surface area contributed by atoms with Crippen LogP contribution < -0.4 is 0 Å². The quantitative estimate of drug-likeness (QED) is 0.373. The van der Waals surface area contributed by atoms with E-state index in [0.717, 1.165) is 14.2 Å². The van der Waals surface area contributed by atoms with E-state index in [4.69, 9.17) is 11.9 Å². The Kier molecular flexibility index (Phi) is 5.20. The zero-order chi connectivity index (χ0) is 8.04. The second-order valence-corrected chi connectivity index (χ2v) is 2.74. The van der Waals surface area contributed by atoms with E-state index in [9.17, 15) is 4.57 Å². The van der Waals surface area contributed by atoms with Crippen molar-refractivity contribution in [3.05, 3.63) is 0 Å². The summed E-state index contributed by atoms with van der Waals surface area (Å²) in [4.78, 5) is 7.95. The van der Waals surface area contributed by atoms with Gasteiger partial charge >= 0.3 is 7.82 Å². The van der Waals surface area contributed by atoms with Crippen LogP contribution in [-0.4, -0.2) is 14.2 Å². The van der Waals surface area contributed by atoms with E-state index in [1.165, 1.54) is 0 Å². The predicted octanol–water partition coefficient (Wildman–Crippen LogP) is 1.42. The van der Waals surface area contributed by atoms with Gasteiger partial charge in [-0.2, -0.15) is 4.08 Å². The van der Waals surface area contributed by atoms with Gasteiger partial charge in [0.1, 0.15) is 0 Å². The molecule has 0 saturated carbocycles. The molecule has 0 aromatic heterocycles.